The van der Waals surface area contributed by atoms with Crippen molar-refractivity contribution in [3.8, 4) is 11.8 Å². The molecule has 1 unspecified atom stereocenters. The quantitative estimate of drug-likeness (QED) is 0.441. The van der Waals surface area contributed by atoms with Crippen molar-refractivity contribution in [1.82, 2.24) is 9.55 Å². The molecule has 0 N–H and O–H groups in total. The summed E-state index contributed by atoms with van der Waals surface area (Å²) in [6.45, 7) is 0. The van der Waals surface area contributed by atoms with Crippen LogP contribution in [0.4, 0.5) is 0 Å². The molecule has 1 aliphatic rings. The van der Waals surface area contributed by atoms with E-state index in [2.05, 4.69) is 57.2 Å². The first-order valence-electron chi connectivity index (χ1n) is 5.23. The highest BCUT2D eigenvalue weighted by atomic mass is 127. The zero-order valence-corrected chi connectivity index (χ0v) is 11.7. The smallest absolute Gasteiger partial charge is 0.0742 e. The second-order valence-electron chi connectivity index (χ2n) is 3.92. The van der Waals surface area contributed by atoms with E-state index < -0.39 is 0 Å². The van der Waals surface area contributed by atoms with Crippen LogP contribution in [0.5, 0.6) is 0 Å². The molecule has 2 nitrogen and oxygen atoms in total. The molecule has 0 spiro atoms. The van der Waals surface area contributed by atoms with Gasteiger partial charge in [-0.05, 0) is 47.0 Å². The third-order valence-corrected chi connectivity index (χ3v) is 4.57. The molecule has 80 valence electrons. The summed E-state index contributed by atoms with van der Waals surface area (Å²) in [6, 6.07) is 6.25. The average molecular weight is 340 g/mol. The summed E-state index contributed by atoms with van der Waals surface area (Å²) in [5.41, 5.74) is 2.31. The average Bonchev–Trinajstić information content (AvgIpc) is 3.04. The van der Waals surface area contributed by atoms with Crippen LogP contribution in [0.25, 0.3) is 10.9 Å². The third-order valence-electron chi connectivity index (χ3n) is 2.68. The second kappa shape index (κ2) is 4.35. The van der Waals surface area contributed by atoms with Gasteiger partial charge in [0.15, 0.2) is 0 Å². The van der Waals surface area contributed by atoms with Crippen molar-refractivity contribution >= 4 is 39.3 Å². The summed E-state index contributed by atoms with van der Waals surface area (Å²) >= 11 is 2.34. The summed E-state index contributed by atoms with van der Waals surface area (Å²) in [4.78, 5) is 0. The minimum Gasteiger partial charge on any atom is -0.237 e. The van der Waals surface area contributed by atoms with E-state index in [4.69, 9.17) is 0 Å². The van der Waals surface area contributed by atoms with Crippen LogP contribution < -0.4 is 0 Å². The molecule has 0 saturated heterocycles. The van der Waals surface area contributed by atoms with Crippen molar-refractivity contribution in [2.75, 3.05) is 0 Å². The Morgan fingerprint density at radius 1 is 1.44 bits per heavy atom. The van der Waals surface area contributed by atoms with Gasteiger partial charge in [-0.3, -0.25) is 0 Å². The Kier molecular flexibility index (Phi) is 2.87. The van der Waals surface area contributed by atoms with Crippen LogP contribution in [0, 0.1) is 17.8 Å². The van der Waals surface area contributed by atoms with Crippen LogP contribution in [0.2, 0.25) is 0 Å². The normalized spacial score (nSPS) is 15.6. The van der Waals surface area contributed by atoms with Gasteiger partial charge in [-0.25, -0.2) is 4.45 Å². The number of benzene rings is 1. The molecule has 2 aromatic rings. The van der Waals surface area contributed by atoms with Gasteiger partial charge in [-0.2, -0.15) is 5.10 Å². The lowest BCUT2D eigenvalue weighted by Gasteiger charge is -1.97. The van der Waals surface area contributed by atoms with Crippen LogP contribution in [-0.4, -0.2) is 9.55 Å². The Morgan fingerprint density at radius 3 is 3.06 bits per heavy atom. The predicted octanol–water partition coefficient (Wildman–Crippen LogP) is 3.59. The first-order valence-corrected chi connectivity index (χ1v) is 9.29. The van der Waals surface area contributed by atoms with Crippen molar-refractivity contribution in [1.29, 1.82) is 0 Å². The van der Waals surface area contributed by atoms with Gasteiger partial charge in [0, 0.05) is 16.9 Å². The zero-order chi connectivity index (χ0) is 11.0. The molecule has 0 aliphatic heterocycles. The topological polar surface area (TPSA) is 17.8 Å². The zero-order valence-electron chi connectivity index (χ0n) is 8.57. The first kappa shape index (κ1) is 10.6. The molecule has 1 saturated carbocycles. The molecule has 1 fully saturated rings. The van der Waals surface area contributed by atoms with Gasteiger partial charge in [0.25, 0.3) is 0 Å². The summed E-state index contributed by atoms with van der Waals surface area (Å²) in [6.07, 6.45) is 5.12. The maximum atomic E-state index is 4.37. The SMILES string of the molecule is IPn1ncc2c(C#CC3CC3)cccc21. The van der Waals surface area contributed by atoms with E-state index >= 15 is 0 Å². The summed E-state index contributed by atoms with van der Waals surface area (Å²) in [7, 11) is 0. The van der Waals surface area contributed by atoms with Crippen molar-refractivity contribution in [3.63, 3.8) is 0 Å². The molecule has 1 aromatic carbocycles. The molecule has 1 atom stereocenters. The Balaban J connectivity index is 2.11. The lowest BCUT2D eigenvalue weighted by Crippen LogP contribution is -1.82. The summed E-state index contributed by atoms with van der Waals surface area (Å²) < 4.78 is 2.03. The first-order chi connectivity index (χ1) is 7.88. The van der Waals surface area contributed by atoms with E-state index in [0.717, 1.165) is 5.56 Å². The van der Waals surface area contributed by atoms with Gasteiger partial charge in [0.2, 0.25) is 0 Å². The van der Waals surface area contributed by atoms with E-state index in [1.165, 1.54) is 23.7 Å². The Morgan fingerprint density at radius 2 is 2.31 bits per heavy atom. The van der Waals surface area contributed by atoms with Gasteiger partial charge >= 0.3 is 0 Å². The van der Waals surface area contributed by atoms with Gasteiger partial charge in [0.05, 0.1) is 18.1 Å². The van der Waals surface area contributed by atoms with Crippen LogP contribution >= 0.6 is 28.4 Å². The Labute approximate surface area is 109 Å². The lowest BCUT2D eigenvalue weighted by atomic mass is 10.1. The van der Waals surface area contributed by atoms with E-state index in [1.807, 2.05) is 10.6 Å². The molecule has 3 rings (SSSR count). The fourth-order valence-electron chi connectivity index (χ4n) is 1.63. The standard InChI is InChI=1S/C12H10IN2P/c13-16-15-12-3-1-2-10(11(12)8-14-15)7-6-9-4-5-9/h1-3,8-9,16H,4-5H2. The molecule has 0 radical (unpaired) electrons. The number of rotatable bonds is 1. The van der Waals surface area contributed by atoms with Crippen LogP contribution in [0.15, 0.2) is 24.4 Å². The molecule has 4 heteroatoms. The van der Waals surface area contributed by atoms with Crippen molar-refractivity contribution in [2.24, 2.45) is 5.92 Å². The lowest BCUT2D eigenvalue weighted by molar-refractivity contribution is 1.04. The highest BCUT2D eigenvalue weighted by Gasteiger charge is 2.17. The van der Waals surface area contributed by atoms with E-state index in [0.29, 0.717) is 12.3 Å². The number of hydrogen-bond donors (Lipinski definition) is 0. The maximum absolute atomic E-state index is 4.37. The maximum Gasteiger partial charge on any atom is 0.0742 e. The molecule has 0 amide bonds. The minimum atomic E-state index is 0.642. The van der Waals surface area contributed by atoms with Crippen LogP contribution in [0.3, 0.4) is 0 Å². The molecular weight excluding hydrogens is 330 g/mol. The Bertz CT molecular complexity index is 590. The fourth-order valence-corrected chi connectivity index (χ4v) is 3.18. The van der Waals surface area contributed by atoms with Crippen LogP contribution in [0.1, 0.15) is 18.4 Å². The monoisotopic (exact) mass is 340 g/mol. The largest absolute Gasteiger partial charge is 0.237 e. The second-order valence-corrected chi connectivity index (χ2v) is 5.96. The van der Waals surface area contributed by atoms with Crippen molar-refractivity contribution in [2.45, 2.75) is 12.8 Å². The van der Waals surface area contributed by atoms with E-state index in [-0.39, 0.29) is 0 Å². The highest BCUT2D eigenvalue weighted by molar-refractivity contribution is 14.2. The fraction of sp³-hybridized carbons (Fsp3) is 0.250. The third kappa shape index (κ3) is 1.97. The minimum absolute atomic E-state index is 0.642. The van der Waals surface area contributed by atoms with E-state index in [9.17, 15) is 0 Å². The van der Waals surface area contributed by atoms with E-state index in [1.54, 1.807) is 0 Å². The number of nitrogens with zero attached hydrogens (tertiary/aromatic N) is 2. The number of hydrogen-bond acceptors (Lipinski definition) is 1. The van der Waals surface area contributed by atoms with Crippen LogP contribution in [-0.2, 0) is 0 Å². The molecule has 1 aromatic heterocycles. The van der Waals surface area contributed by atoms with Crippen molar-refractivity contribution in [3.05, 3.63) is 30.0 Å². The summed E-state index contributed by atoms with van der Waals surface area (Å²) in [5.74, 6) is 7.24. The van der Waals surface area contributed by atoms with Gasteiger partial charge in [-0.15, -0.1) is 0 Å². The highest BCUT2D eigenvalue weighted by Crippen LogP contribution is 2.30. The number of halogens is 1. The van der Waals surface area contributed by atoms with Gasteiger partial charge in [0.1, 0.15) is 0 Å². The summed E-state index contributed by atoms with van der Waals surface area (Å²) in [5, 5.41) is 5.55. The molecule has 0 bridgehead atoms. The molecule has 1 aliphatic carbocycles. The predicted molar refractivity (Wildman–Crippen MR) is 77.1 cm³/mol. The molecule has 16 heavy (non-hydrogen) atoms. The molecular formula is C12H10IN2P. The number of fused-ring (bicyclic) bond motifs is 1. The number of aromatic nitrogens is 2. The van der Waals surface area contributed by atoms with Gasteiger partial charge < -0.3 is 0 Å². The van der Waals surface area contributed by atoms with Gasteiger partial charge in [-0.1, -0.05) is 17.9 Å². The van der Waals surface area contributed by atoms with Crippen molar-refractivity contribution < 1.29 is 0 Å². The Hall–Kier alpha value is -0.590. The molecule has 1 heterocycles.